The number of rotatable bonds is 21. The molecule has 0 fully saturated rings. The van der Waals surface area contributed by atoms with E-state index in [1.807, 2.05) is 72.8 Å². The number of aromatic nitrogens is 3. The summed E-state index contributed by atoms with van der Waals surface area (Å²) in [5.74, 6) is 5.63. The van der Waals surface area contributed by atoms with Gasteiger partial charge in [-0.2, -0.15) is 15.0 Å². The molecule has 12 nitrogen and oxygen atoms in total. The summed E-state index contributed by atoms with van der Waals surface area (Å²) < 4.78 is 33.7. The van der Waals surface area contributed by atoms with Gasteiger partial charge in [-0.15, -0.1) is 0 Å². The van der Waals surface area contributed by atoms with Crippen LogP contribution in [0.1, 0.15) is 19.3 Å². The van der Waals surface area contributed by atoms with E-state index in [1.165, 1.54) is 0 Å². The van der Waals surface area contributed by atoms with Crippen molar-refractivity contribution in [2.75, 3.05) is 76.7 Å². The normalized spacial score (nSPS) is 10.5. The van der Waals surface area contributed by atoms with Gasteiger partial charge in [0, 0.05) is 19.6 Å². The van der Waals surface area contributed by atoms with Crippen LogP contribution in [0.15, 0.2) is 72.8 Å². The number of para-hydroxylation sites is 6. The maximum atomic E-state index is 5.88. The van der Waals surface area contributed by atoms with E-state index in [0.29, 0.717) is 91.8 Å². The molecule has 0 unspecified atom stereocenters. The minimum absolute atomic E-state index is 0.461. The van der Waals surface area contributed by atoms with Crippen LogP contribution in [0.4, 0.5) is 17.8 Å². The number of anilines is 3. The lowest BCUT2D eigenvalue weighted by Crippen LogP contribution is -2.16. The predicted octanol–water partition coefficient (Wildman–Crippen LogP) is 5.54. The van der Waals surface area contributed by atoms with Crippen LogP contribution in [0.25, 0.3) is 0 Å². The van der Waals surface area contributed by atoms with Crippen molar-refractivity contribution in [3.05, 3.63) is 72.8 Å². The number of ether oxygens (including phenoxy) is 6. The van der Waals surface area contributed by atoms with Crippen LogP contribution in [0.5, 0.6) is 34.5 Å². The van der Waals surface area contributed by atoms with Crippen LogP contribution in [0, 0.1) is 0 Å². The Labute approximate surface area is 264 Å². The molecule has 0 radical (unpaired) electrons. The maximum absolute atomic E-state index is 5.88. The van der Waals surface area contributed by atoms with E-state index in [4.69, 9.17) is 28.4 Å². The smallest absolute Gasteiger partial charge is 0.229 e. The third kappa shape index (κ3) is 10.8. The zero-order valence-corrected chi connectivity index (χ0v) is 26.1. The monoisotopic (exact) mass is 618 g/mol. The Bertz CT molecular complexity index is 1260. The van der Waals surface area contributed by atoms with Gasteiger partial charge in [-0.1, -0.05) is 36.4 Å². The number of hydrogen-bond donors (Lipinski definition) is 3. The molecule has 0 saturated heterocycles. The summed E-state index contributed by atoms with van der Waals surface area (Å²) in [5.41, 5.74) is 0. The van der Waals surface area contributed by atoms with Gasteiger partial charge in [0.05, 0.1) is 41.2 Å². The predicted molar refractivity (Wildman–Crippen MR) is 175 cm³/mol. The average molecular weight is 619 g/mol. The van der Waals surface area contributed by atoms with Gasteiger partial charge in [0.15, 0.2) is 34.5 Å². The van der Waals surface area contributed by atoms with Crippen LogP contribution < -0.4 is 44.4 Å². The van der Waals surface area contributed by atoms with E-state index in [9.17, 15) is 0 Å². The molecule has 0 atom stereocenters. The zero-order valence-electron chi connectivity index (χ0n) is 26.1. The van der Waals surface area contributed by atoms with Crippen LogP contribution in [0.3, 0.4) is 0 Å². The Morgan fingerprint density at radius 2 is 0.689 bits per heavy atom. The lowest BCUT2D eigenvalue weighted by molar-refractivity contribution is 0.292. The van der Waals surface area contributed by atoms with Gasteiger partial charge in [0.2, 0.25) is 17.8 Å². The second kappa shape index (κ2) is 18.5. The molecule has 0 bridgehead atoms. The highest BCUT2D eigenvalue weighted by molar-refractivity contribution is 5.43. The van der Waals surface area contributed by atoms with Gasteiger partial charge in [-0.3, -0.25) is 0 Å². The molecular weight excluding hydrogens is 576 g/mol. The summed E-state index contributed by atoms with van der Waals surface area (Å²) in [4.78, 5) is 13.7. The Morgan fingerprint density at radius 1 is 0.422 bits per heavy atom. The minimum Gasteiger partial charge on any atom is -0.493 e. The molecule has 0 amide bonds. The van der Waals surface area contributed by atoms with Gasteiger partial charge in [-0.25, -0.2) is 0 Å². The fourth-order valence-corrected chi connectivity index (χ4v) is 4.19. The number of nitrogens with one attached hydrogen (secondary N) is 3. The van der Waals surface area contributed by atoms with Crippen molar-refractivity contribution < 1.29 is 28.4 Å². The van der Waals surface area contributed by atoms with Gasteiger partial charge in [-0.05, 0) is 55.7 Å². The standard InChI is InChI=1S/C33H42N6O6/c1-40-25-13-4-7-16-28(25)43-22-10-19-34-31-37-32(35-20-11-23-44-29-17-8-5-14-26(29)41-2)39-33(38-31)36-21-12-24-45-30-18-9-6-15-27(30)42-3/h4-9,13-18H,10-12,19-24H2,1-3H3,(H3,34,35,36,37,38,39). The summed E-state index contributed by atoms with van der Waals surface area (Å²) >= 11 is 0. The fourth-order valence-electron chi connectivity index (χ4n) is 4.19. The van der Waals surface area contributed by atoms with Crippen molar-refractivity contribution in [2.24, 2.45) is 0 Å². The Hall–Kier alpha value is -5.13. The van der Waals surface area contributed by atoms with Crippen LogP contribution in [0.2, 0.25) is 0 Å². The fraction of sp³-hybridized carbons (Fsp3) is 0.364. The third-order valence-electron chi connectivity index (χ3n) is 6.43. The molecule has 0 saturated carbocycles. The summed E-state index contributed by atoms with van der Waals surface area (Å²) in [6.07, 6.45) is 2.20. The largest absolute Gasteiger partial charge is 0.493 e. The molecule has 3 aromatic carbocycles. The Balaban J connectivity index is 1.27. The summed E-state index contributed by atoms with van der Waals surface area (Å²) in [5, 5.41) is 9.84. The number of hydrogen-bond acceptors (Lipinski definition) is 12. The first kappa shape index (κ1) is 32.8. The molecule has 4 rings (SSSR count). The topological polar surface area (TPSA) is 130 Å². The molecular formula is C33H42N6O6. The summed E-state index contributed by atoms with van der Waals surface area (Å²) in [6, 6.07) is 22.7. The maximum Gasteiger partial charge on any atom is 0.229 e. The zero-order chi connectivity index (χ0) is 31.5. The second-order valence-corrected chi connectivity index (χ2v) is 9.65. The van der Waals surface area contributed by atoms with Gasteiger partial charge < -0.3 is 44.4 Å². The molecule has 1 heterocycles. The molecule has 1 aromatic heterocycles. The average Bonchev–Trinajstić information content (AvgIpc) is 3.08. The lowest BCUT2D eigenvalue weighted by atomic mass is 10.3. The molecule has 3 N–H and O–H groups in total. The van der Waals surface area contributed by atoms with Crippen molar-refractivity contribution in [3.63, 3.8) is 0 Å². The summed E-state index contributed by atoms with van der Waals surface area (Å²) in [7, 11) is 4.88. The molecule has 12 heteroatoms. The highest BCUT2D eigenvalue weighted by Gasteiger charge is 2.09. The number of methoxy groups -OCH3 is 3. The van der Waals surface area contributed by atoms with Crippen molar-refractivity contribution >= 4 is 17.8 Å². The summed E-state index contributed by atoms with van der Waals surface area (Å²) in [6.45, 7) is 3.35. The highest BCUT2D eigenvalue weighted by atomic mass is 16.5. The lowest BCUT2D eigenvalue weighted by Gasteiger charge is -2.13. The Kier molecular flexibility index (Phi) is 13.5. The van der Waals surface area contributed by atoms with E-state index in [1.54, 1.807) is 21.3 Å². The third-order valence-corrected chi connectivity index (χ3v) is 6.43. The van der Waals surface area contributed by atoms with Gasteiger partial charge in [0.1, 0.15) is 0 Å². The second-order valence-electron chi connectivity index (χ2n) is 9.65. The van der Waals surface area contributed by atoms with Gasteiger partial charge >= 0.3 is 0 Å². The Morgan fingerprint density at radius 3 is 0.956 bits per heavy atom. The SMILES string of the molecule is COc1ccccc1OCCCNc1nc(NCCCOc2ccccc2OC)nc(NCCCOc2ccccc2OC)n1. The molecule has 45 heavy (non-hydrogen) atoms. The molecule has 0 aliphatic rings. The van der Waals surface area contributed by atoms with Crippen molar-refractivity contribution in [2.45, 2.75) is 19.3 Å². The van der Waals surface area contributed by atoms with Crippen molar-refractivity contribution in [3.8, 4) is 34.5 Å². The van der Waals surface area contributed by atoms with E-state index >= 15 is 0 Å². The van der Waals surface area contributed by atoms with Crippen LogP contribution in [-0.4, -0.2) is 75.7 Å². The highest BCUT2D eigenvalue weighted by Crippen LogP contribution is 2.27. The molecule has 0 aliphatic carbocycles. The van der Waals surface area contributed by atoms with Crippen LogP contribution >= 0.6 is 0 Å². The van der Waals surface area contributed by atoms with E-state index in [2.05, 4.69) is 30.9 Å². The first-order valence-corrected chi connectivity index (χ1v) is 14.9. The molecule has 4 aromatic rings. The number of benzene rings is 3. The molecule has 0 spiro atoms. The first-order chi connectivity index (χ1) is 22.2. The van der Waals surface area contributed by atoms with Crippen LogP contribution in [-0.2, 0) is 0 Å². The van der Waals surface area contributed by atoms with Crippen molar-refractivity contribution in [1.82, 2.24) is 15.0 Å². The van der Waals surface area contributed by atoms with E-state index in [0.717, 1.165) is 19.3 Å². The van der Waals surface area contributed by atoms with E-state index in [-0.39, 0.29) is 0 Å². The molecule has 240 valence electrons. The minimum atomic E-state index is 0.461. The van der Waals surface area contributed by atoms with Crippen molar-refractivity contribution in [1.29, 1.82) is 0 Å². The number of nitrogens with zero attached hydrogens (tertiary/aromatic N) is 3. The van der Waals surface area contributed by atoms with Gasteiger partial charge in [0.25, 0.3) is 0 Å². The van der Waals surface area contributed by atoms with E-state index < -0.39 is 0 Å². The quantitative estimate of drug-likeness (QED) is 0.101. The first-order valence-electron chi connectivity index (χ1n) is 14.9. The molecule has 0 aliphatic heterocycles.